The molecule has 0 saturated carbocycles. The Kier molecular flexibility index (Phi) is 1.56. The highest BCUT2D eigenvalue weighted by atomic mass is 79.9. The van der Waals surface area contributed by atoms with Crippen LogP contribution in [0, 0.1) is 0 Å². The minimum absolute atomic E-state index is 0.288. The van der Waals surface area contributed by atoms with Crippen LogP contribution in [0.15, 0.2) is 10.8 Å². The average molecular weight is 215 g/mol. The maximum absolute atomic E-state index is 11.0. The van der Waals surface area contributed by atoms with Gasteiger partial charge in [0, 0.05) is 12.8 Å². The number of carbonyl (C=O) groups excluding carboxylic acids is 1. The van der Waals surface area contributed by atoms with Crippen LogP contribution in [0.3, 0.4) is 0 Å². The number of nitrogens with zero attached hydrogens (tertiary/aromatic N) is 2. The van der Waals surface area contributed by atoms with Gasteiger partial charge in [-0.15, -0.1) is 0 Å². The smallest absolute Gasteiger partial charge is 0.153 e. The van der Waals surface area contributed by atoms with Gasteiger partial charge in [-0.1, -0.05) is 0 Å². The van der Waals surface area contributed by atoms with Crippen LogP contribution in [0.2, 0.25) is 0 Å². The van der Waals surface area contributed by atoms with Crippen LogP contribution in [0.1, 0.15) is 12.2 Å². The summed E-state index contributed by atoms with van der Waals surface area (Å²) >= 11 is 3.33. The van der Waals surface area contributed by atoms with E-state index in [9.17, 15) is 4.79 Å². The number of halogens is 1. The van der Waals surface area contributed by atoms with Crippen molar-refractivity contribution < 1.29 is 4.79 Å². The summed E-state index contributed by atoms with van der Waals surface area (Å²) in [4.78, 5) is 15.2. The van der Waals surface area contributed by atoms with E-state index in [-0.39, 0.29) is 5.78 Å². The number of rotatable bonds is 0. The number of carbonyl (C=O) groups is 1. The predicted molar refractivity (Wildman–Crippen MR) is 43.3 cm³/mol. The highest BCUT2D eigenvalue weighted by Crippen LogP contribution is 2.17. The first-order chi connectivity index (χ1) is 5.27. The molecule has 58 valence electrons. The number of hydrogen-bond donors (Lipinski definition) is 0. The number of aromatic nitrogens is 2. The average Bonchev–Trinajstić information content (AvgIpc) is 2.33. The molecule has 11 heavy (non-hydrogen) atoms. The zero-order chi connectivity index (χ0) is 7.84. The van der Waals surface area contributed by atoms with Crippen LogP contribution in [-0.4, -0.2) is 15.3 Å². The molecule has 2 rings (SSSR count). The molecule has 1 aliphatic rings. The van der Waals surface area contributed by atoms with Gasteiger partial charge in [-0.3, -0.25) is 4.79 Å². The Morgan fingerprint density at radius 1 is 1.55 bits per heavy atom. The van der Waals surface area contributed by atoms with E-state index >= 15 is 0 Å². The molecule has 0 atom stereocenters. The first-order valence-corrected chi connectivity index (χ1v) is 4.28. The summed E-state index contributed by atoms with van der Waals surface area (Å²) in [6.07, 6.45) is 3.17. The Bertz CT molecular complexity index is 305. The van der Waals surface area contributed by atoms with Crippen molar-refractivity contribution >= 4 is 21.7 Å². The van der Waals surface area contributed by atoms with Crippen LogP contribution >= 0.6 is 15.9 Å². The second-order valence-corrected chi connectivity index (χ2v) is 3.43. The van der Waals surface area contributed by atoms with Gasteiger partial charge in [-0.2, -0.15) is 0 Å². The Balaban J connectivity index is 2.45. The fourth-order valence-corrected chi connectivity index (χ4v) is 1.70. The Hall–Kier alpha value is -0.640. The van der Waals surface area contributed by atoms with Gasteiger partial charge in [0.05, 0.1) is 12.7 Å². The molecule has 0 N–H and O–H groups in total. The summed E-state index contributed by atoms with van der Waals surface area (Å²) < 4.78 is 2.81. The maximum atomic E-state index is 11.0. The highest BCUT2D eigenvalue weighted by Gasteiger charge is 2.17. The van der Waals surface area contributed by atoms with E-state index in [1.54, 1.807) is 6.20 Å². The molecule has 1 aromatic rings. The maximum Gasteiger partial charge on any atom is 0.153 e. The molecule has 0 radical (unpaired) electrons. The van der Waals surface area contributed by atoms with Crippen molar-refractivity contribution in [2.45, 2.75) is 19.4 Å². The molecule has 1 aromatic heterocycles. The number of hydrogen-bond acceptors (Lipinski definition) is 2. The van der Waals surface area contributed by atoms with E-state index in [4.69, 9.17) is 0 Å². The summed E-state index contributed by atoms with van der Waals surface area (Å²) in [5, 5.41) is 0. The van der Waals surface area contributed by atoms with Gasteiger partial charge in [-0.05, 0) is 15.9 Å². The molecule has 0 fully saturated rings. The highest BCUT2D eigenvalue weighted by molar-refractivity contribution is 9.10. The monoisotopic (exact) mass is 214 g/mol. The van der Waals surface area contributed by atoms with E-state index in [0.29, 0.717) is 13.0 Å². The van der Waals surface area contributed by atoms with Gasteiger partial charge < -0.3 is 4.57 Å². The molecule has 4 heteroatoms. The lowest BCUT2D eigenvalue weighted by Crippen LogP contribution is -2.19. The van der Waals surface area contributed by atoms with Gasteiger partial charge in [0.25, 0.3) is 0 Å². The molecular weight excluding hydrogens is 208 g/mol. The lowest BCUT2D eigenvalue weighted by Gasteiger charge is -2.12. The standard InChI is InChI=1S/C7H7BrN2O/c8-6-3-9-7-2-1-5(11)4-10(6)7/h3H,1-2,4H2. The van der Waals surface area contributed by atoms with E-state index in [1.807, 2.05) is 4.57 Å². The third-order valence-electron chi connectivity index (χ3n) is 1.85. The lowest BCUT2D eigenvalue weighted by atomic mass is 10.1. The van der Waals surface area contributed by atoms with Crippen molar-refractivity contribution in [3.05, 3.63) is 16.6 Å². The van der Waals surface area contributed by atoms with Crippen molar-refractivity contribution in [3.8, 4) is 0 Å². The molecule has 0 bridgehead atoms. The second-order valence-electron chi connectivity index (χ2n) is 2.62. The van der Waals surface area contributed by atoms with Gasteiger partial charge in [0.1, 0.15) is 10.4 Å². The zero-order valence-corrected chi connectivity index (χ0v) is 7.47. The largest absolute Gasteiger partial charge is 0.315 e. The van der Waals surface area contributed by atoms with E-state index in [1.165, 1.54) is 0 Å². The summed E-state index contributed by atoms with van der Waals surface area (Å²) in [6.45, 7) is 0.482. The minimum Gasteiger partial charge on any atom is -0.315 e. The third-order valence-corrected chi connectivity index (χ3v) is 2.48. The number of imidazole rings is 1. The first-order valence-electron chi connectivity index (χ1n) is 3.49. The fourth-order valence-electron chi connectivity index (χ4n) is 1.26. The topological polar surface area (TPSA) is 34.9 Å². The van der Waals surface area contributed by atoms with Gasteiger partial charge in [-0.25, -0.2) is 4.98 Å². The first kappa shape index (κ1) is 7.03. The van der Waals surface area contributed by atoms with Crippen LogP contribution in [0.25, 0.3) is 0 Å². The Morgan fingerprint density at radius 2 is 2.36 bits per heavy atom. The number of Topliss-reactive ketones (excluding diaryl/α,β-unsaturated/α-hetero) is 1. The normalized spacial score (nSPS) is 16.6. The van der Waals surface area contributed by atoms with Crippen molar-refractivity contribution in [3.63, 3.8) is 0 Å². The summed E-state index contributed by atoms with van der Waals surface area (Å²) in [5.41, 5.74) is 0. The molecule has 0 spiro atoms. The van der Waals surface area contributed by atoms with Crippen LogP contribution < -0.4 is 0 Å². The molecule has 0 amide bonds. The molecule has 0 unspecified atom stereocenters. The lowest BCUT2D eigenvalue weighted by molar-refractivity contribution is -0.120. The molecule has 2 heterocycles. The van der Waals surface area contributed by atoms with Crippen LogP contribution in [0.4, 0.5) is 0 Å². The van der Waals surface area contributed by atoms with Crippen molar-refractivity contribution in [1.29, 1.82) is 0 Å². The number of fused-ring (bicyclic) bond motifs is 1. The van der Waals surface area contributed by atoms with Crippen molar-refractivity contribution in [1.82, 2.24) is 9.55 Å². The molecule has 1 aliphatic heterocycles. The van der Waals surface area contributed by atoms with Crippen LogP contribution in [-0.2, 0) is 17.8 Å². The molecule has 3 nitrogen and oxygen atoms in total. The minimum atomic E-state index is 0.288. The van der Waals surface area contributed by atoms with Crippen LogP contribution in [0.5, 0.6) is 0 Å². The molecule has 0 saturated heterocycles. The summed E-state index contributed by atoms with van der Waals surface area (Å²) in [7, 11) is 0. The number of ketones is 1. The molecule has 0 aliphatic carbocycles. The quantitative estimate of drug-likeness (QED) is 0.650. The SMILES string of the molecule is O=C1CCc2ncc(Br)n2C1. The fraction of sp³-hybridized carbons (Fsp3) is 0.429. The Morgan fingerprint density at radius 3 is 3.18 bits per heavy atom. The van der Waals surface area contributed by atoms with E-state index in [0.717, 1.165) is 16.8 Å². The van der Waals surface area contributed by atoms with Crippen molar-refractivity contribution in [2.75, 3.05) is 0 Å². The van der Waals surface area contributed by atoms with Gasteiger partial charge in [0.2, 0.25) is 0 Å². The van der Waals surface area contributed by atoms with E-state index < -0.39 is 0 Å². The predicted octanol–water partition coefficient (Wildman–Crippen LogP) is 1.16. The third kappa shape index (κ3) is 1.11. The number of aryl methyl sites for hydroxylation is 1. The zero-order valence-electron chi connectivity index (χ0n) is 5.88. The summed E-state index contributed by atoms with van der Waals surface area (Å²) in [5.74, 6) is 1.30. The van der Waals surface area contributed by atoms with Crippen molar-refractivity contribution in [2.24, 2.45) is 0 Å². The molecular formula is C7H7BrN2O. The van der Waals surface area contributed by atoms with E-state index in [2.05, 4.69) is 20.9 Å². The van der Waals surface area contributed by atoms with Gasteiger partial charge >= 0.3 is 0 Å². The molecule has 0 aromatic carbocycles. The Labute approximate surface area is 72.6 Å². The second kappa shape index (κ2) is 2.44. The summed E-state index contributed by atoms with van der Waals surface area (Å²) in [6, 6.07) is 0. The van der Waals surface area contributed by atoms with Gasteiger partial charge in [0.15, 0.2) is 5.78 Å².